The highest BCUT2D eigenvalue weighted by atomic mass is 16.3. The van der Waals surface area contributed by atoms with Gasteiger partial charge in [0.05, 0.1) is 0 Å². The summed E-state index contributed by atoms with van der Waals surface area (Å²) in [6.07, 6.45) is 2.00. The van der Waals surface area contributed by atoms with E-state index in [0.29, 0.717) is 11.8 Å². The van der Waals surface area contributed by atoms with Gasteiger partial charge in [-0.05, 0) is 18.3 Å². The van der Waals surface area contributed by atoms with E-state index < -0.39 is 0 Å². The molecule has 0 N–H and O–H groups in total. The molecule has 0 fully saturated rings. The van der Waals surface area contributed by atoms with Crippen LogP contribution in [-0.2, 0) is 10.8 Å². The molecule has 2 nitrogen and oxygen atoms in total. The van der Waals surface area contributed by atoms with E-state index in [1.54, 1.807) is 0 Å². The van der Waals surface area contributed by atoms with E-state index in [1.807, 2.05) is 6.20 Å². The van der Waals surface area contributed by atoms with Gasteiger partial charge in [-0.3, -0.25) is 4.98 Å². The highest BCUT2D eigenvalue weighted by molar-refractivity contribution is 5.91. The second kappa shape index (κ2) is 4.12. The van der Waals surface area contributed by atoms with Gasteiger partial charge in [0.15, 0.2) is 0 Å². The molecule has 0 aromatic carbocycles. The summed E-state index contributed by atoms with van der Waals surface area (Å²) >= 11 is 0. The number of furan rings is 1. The average Bonchev–Trinajstić information content (AvgIpc) is 2.74. The van der Waals surface area contributed by atoms with Gasteiger partial charge in [-0.2, -0.15) is 0 Å². The second-order valence-corrected chi connectivity index (χ2v) is 8.21. The van der Waals surface area contributed by atoms with Gasteiger partial charge in [-0.25, -0.2) is 0 Å². The topological polar surface area (TPSA) is 26.0 Å². The summed E-state index contributed by atoms with van der Waals surface area (Å²) in [5.41, 5.74) is 5.04. The molecule has 0 bridgehead atoms. The predicted molar refractivity (Wildman–Crippen MR) is 88.1 cm³/mol. The van der Waals surface area contributed by atoms with Crippen molar-refractivity contribution < 1.29 is 4.42 Å². The first-order chi connectivity index (χ1) is 9.60. The van der Waals surface area contributed by atoms with Crippen LogP contribution in [0.3, 0.4) is 0 Å². The maximum absolute atomic E-state index is 6.34. The average molecular weight is 285 g/mol. The summed E-state index contributed by atoms with van der Waals surface area (Å²) in [5.74, 6) is 2.26. The summed E-state index contributed by atoms with van der Waals surface area (Å²) in [4.78, 5) is 4.67. The van der Waals surface area contributed by atoms with Gasteiger partial charge in [-0.1, -0.05) is 48.5 Å². The molecule has 2 heterocycles. The van der Waals surface area contributed by atoms with Gasteiger partial charge in [-0.15, -0.1) is 0 Å². The molecule has 3 rings (SSSR count). The second-order valence-electron chi connectivity index (χ2n) is 8.21. The largest absolute Gasteiger partial charge is 0.460 e. The fourth-order valence-corrected chi connectivity index (χ4v) is 3.84. The molecule has 0 radical (unpaired) electrons. The Labute approximate surface area is 128 Å². The van der Waals surface area contributed by atoms with Crippen LogP contribution in [0.15, 0.2) is 10.6 Å². The number of nitrogens with zero attached hydrogens (tertiary/aromatic N) is 1. The third-order valence-corrected chi connectivity index (χ3v) is 5.77. The van der Waals surface area contributed by atoms with Crippen LogP contribution in [0, 0.1) is 12.8 Å². The van der Waals surface area contributed by atoms with Gasteiger partial charge in [0.2, 0.25) is 0 Å². The van der Waals surface area contributed by atoms with Crippen molar-refractivity contribution in [3.05, 3.63) is 28.8 Å². The van der Waals surface area contributed by atoms with Gasteiger partial charge in [0, 0.05) is 39.7 Å². The van der Waals surface area contributed by atoms with E-state index in [4.69, 9.17) is 4.42 Å². The molecular formula is C19H27NO. The summed E-state index contributed by atoms with van der Waals surface area (Å²) in [6.45, 7) is 18.1. The predicted octanol–water partition coefficient (Wildman–Crippen LogP) is 5.46. The Bertz CT molecular complexity index is 717. The van der Waals surface area contributed by atoms with Crippen LogP contribution in [-0.4, -0.2) is 4.98 Å². The molecule has 1 aliphatic rings. The number of rotatable bonds is 1. The van der Waals surface area contributed by atoms with Crippen LogP contribution in [0.2, 0.25) is 0 Å². The molecule has 1 unspecified atom stereocenters. The van der Waals surface area contributed by atoms with Crippen molar-refractivity contribution in [2.24, 2.45) is 5.92 Å². The van der Waals surface area contributed by atoms with Gasteiger partial charge < -0.3 is 4.42 Å². The lowest BCUT2D eigenvalue weighted by molar-refractivity contribution is 0.209. The van der Waals surface area contributed by atoms with E-state index in [-0.39, 0.29) is 10.8 Å². The first kappa shape index (κ1) is 14.6. The zero-order valence-electron chi connectivity index (χ0n) is 14.6. The lowest BCUT2D eigenvalue weighted by Gasteiger charge is -2.47. The van der Waals surface area contributed by atoms with E-state index >= 15 is 0 Å². The Balaban J connectivity index is 2.38. The first-order valence-corrected chi connectivity index (χ1v) is 8.03. The third-order valence-electron chi connectivity index (χ3n) is 5.77. The summed E-state index contributed by atoms with van der Waals surface area (Å²) in [5, 5.41) is 1.27. The van der Waals surface area contributed by atoms with E-state index in [0.717, 1.165) is 11.3 Å². The normalized spacial score (nSPS) is 25.3. The fraction of sp³-hybridized carbons (Fsp3) is 0.632. The molecule has 2 aromatic heterocycles. The highest BCUT2D eigenvalue weighted by Crippen LogP contribution is 2.60. The first-order valence-electron chi connectivity index (χ1n) is 8.03. The molecule has 0 saturated carbocycles. The Morgan fingerprint density at radius 1 is 1.29 bits per heavy atom. The fourth-order valence-electron chi connectivity index (χ4n) is 3.84. The molecule has 0 amide bonds. The minimum atomic E-state index is 0.0488. The number of fused-ring (bicyclic) bond motifs is 3. The number of hydrogen-bond acceptors (Lipinski definition) is 2. The van der Waals surface area contributed by atoms with Crippen molar-refractivity contribution in [2.75, 3.05) is 0 Å². The lowest BCUT2D eigenvalue weighted by atomic mass is 9.55. The van der Waals surface area contributed by atoms with Crippen molar-refractivity contribution in [3.63, 3.8) is 0 Å². The Kier molecular flexibility index (Phi) is 2.87. The van der Waals surface area contributed by atoms with Crippen LogP contribution in [0.5, 0.6) is 0 Å². The van der Waals surface area contributed by atoms with Crippen molar-refractivity contribution in [1.29, 1.82) is 0 Å². The zero-order chi connectivity index (χ0) is 15.7. The lowest BCUT2D eigenvalue weighted by Crippen LogP contribution is -2.43. The van der Waals surface area contributed by atoms with Crippen molar-refractivity contribution in [1.82, 2.24) is 4.98 Å². The molecular weight excluding hydrogens is 258 g/mol. The van der Waals surface area contributed by atoms with Crippen LogP contribution in [0.25, 0.3) is 11.0 Å². The molecule has 2 heteroatoms. The summed E-state index contributed by atoms with van der Waals surface area (Å²) < 4.78 is 6.34. The van der Waals surface area contributed by atoms with Crippen LogP contribution >= 0.6 is 0 Å². The number of aryl methyl sites for hydroxylation is 1. The van der Waals surface area contributed by atoms with Crippen LogP contribution in [0.1, 0.15) is 77.0 Å². The zero-order valence-corrected chi connectivity index (χ0v) is 14.6. The quantitative estimate of drug-likeness (QED) is 0.695. The molecule has 0 aliphatic heterocycles. The Hall–Kier alpha value is -1.31. The number of aromatic nitrogens is 1. The standard InChI is InChI=1S/C19H27NO/c1-10(2)19(8)11(3)16-15(19)14-12(4)20-9-13(17(14)21-16)18(5,6)7/h9-11H,1-8H3/t11?,19-/m0/s1. The molecule has 114 valence electrons. The molecule has 0 saturated heterocycles. The van der Waals surface area contributed by atoms with Crippen molar-refractivity contribution in [2.45, 2.75) is 72.1 Å². The summed E-state index contributed by atoms with van der Waals surface area (Å²) in [7, 11) is 0. The Morgan fingerprint density at radius 2 is 1.90 bits per heavy atom. The van der Waals surface area contributed by atoms with Gasteiger partial charge in [0.1, 0.15) is 11.3 Å². The van der Waals surface area contributed by atoms with Crippen LogP contribution < -0.4 is 0 Å². The van der Waals surface area contributed by atoms with Gasteiger partial charge in [0.25, 0.3) is 0 Å². The van der Waals surface area contributed by atoms with Crippen molar-refractivity contribution in [3.8, 4) is 0 Å². The molecule has 2 aromatic rings. The number of hydrogen-bond donors (Lipinski definition) is 0. The third kappa shape index (κ3) is 1.68. The Morgan fingerprint density at radius 3 is 2.43 bits per heavy atom. The van der Waals surface area contributed by atoms with E-state index in [9.17, 15) is 0 Å². The van der Waals surface area contributed by atoms with Crippen molar-refractivity contribution >= 4 is 11.0 Å². The monoisotopic (exact) mass is 285 g/mol. The van der Waals surface area contributed by atoms with Crippen LogP contribution in [0.4, 0.5) is 0 Å². The SMILES string of the molecule is Cc1ncc(C(C)(C)C)c2oc3c(c12)[C@@](C)(C(C)C)C3C. The minimum absolute atomic E-state index is 0.0488. The number of pyridine rings is 1. The highest BCUT2D eigenvalue weighted by Gasteiger charge is 2.52. The summed E-state index contributed by atoms with van der Waals surface area (Å²) in [6, 6.07) is 0. The maximum atomic E-state index is 6.34. The smallest absolute Gasteiger partial charge is 0.141 e. The molecule has 2 atom stereocenters. The minimum Gasteiger partial charge on any atom is -0.460 e. The van der Waals surface area contributed by atoms with E-state index in [2.05, 4.69) is 60.4 Å². The van der Waals surface area contributed by atoms with Gasteiger partial charge >= 0.3 is 0 Å². The van der Waals surface area contributed by atoms with E-state index in [1.165, 1.54) is 22.3 Å². The molecule has 1 aliphatic carbocycles. The molecule has 21 heavy (non-hydrogen) atoms. The maximum Gasteiger partial charge on any atom is 0.141 e. The molecule has 0 spiro atoms.